The Kier molecular flexibility index (Phi) is 2.60. The fourth-order valence-electron chi connectivity index (χ4n) is 1.49. The Hall–Kier alpha value is -1.91. The van der Waals surface area contributed by atoms with Gasteiger partial charge in [0, 0.05) is 24.4 Å². The van der Waals surface area contributed by atoms with E-state index in [1.54, 1.807) is 10.9 Å². The van der Waals surface area contributed by atoms with Crippen molar-refractivity contribution in [1.29, 1.82) is 0 Å². The van der Waals surface area contributed by atoms with E-state index in [0.29, 0.717) is 17.9 Å². The summed E-state index contributed by atoms with van der Waals surface area (Å²) < 4.78 is 27.8. The average molecular weight is 223 g/mol. The molecule has 3 nitrogen and oxygen atoms in total. The van der Waals surface area contributed by atoms with Gasteiger partial charge in [-0.2, -0.15) is 5.10 Å². The number of aromatic nitrogens is 2. The minimum absolute atomic E-state index is 0.214. The van der Waals surface area contributed by atoms with Gasteiger partial charge in [-0.3, -0.25) is 4.68 Å². The van der Waals surface area contributed by atoms with Crippen molar-refractivity contribution in [3.8, 4) is 11.3 Å². The van der Waals surface area contributed by atoms with Crippen LogP contribution in [0.4, 0.5) is 14.5 Å². The Morgan fingerprint density at radius 1 is 1.38 bits per heavy atom. The molecule has 5 heteroatoms. The van der Waals surface area contributed by atoms with E-state index >= 15 is 0 Å². The summed E-state index contributed by atoms with van der Waals surface area (Å²) in [5.74, 6) is -1.28. The van der Waals surface area contributed by atoms with Crippen molar-refractivity contribution in [3.05, 3.63) is 36.0 Å². The number of hydrogen-bond acceptors (Lipinski definition) is 2. The van der Waals surface area contributed by atoms with Gasteiger partial charge in [0.2, 0.25) is 0 Å². The normalized spacial score (nSPS) is 10.7. The molecule has 84 valence electrons. The Morgan fingerprint density at radius 3 is 2.69 bits per heavy atom. The highest BCUT2D eigenvalue weighted by Gasteiger charge is 2.13. The third-order valence-electron chi connectivity index (χ3n) is 2.30. The molecule has 0 atom stereocenters. The lowest BCUT2D eigenvalue weighted by atomic mass is 10.1. The highest BCUT2D eigenvalue weighted by Crippen LogP contribution is 2.26. The molecule has 2 aromatic rings. The summed E-state index contributed by atoms with van der Waals surface area (Å²) in [6.45, 7) is 2.55. The maximum absolute atomic E-state index is 13.5. The van der Waals surface area contributed by atoms with E-state index in [0.717, 1.165) is 6.07 Å². The molecule has 2 N–H and O–H groups in total. The zero-order valence-electron chi connectivity index (χ0n) is 8.74. The lowest BCUT2D eigenvalue weighted by Gasteiger charge is -2.00. The summed E-state index contributed by atoms with van der Waals surface area (Å²) in [6, 6.07) is 3.34. The Bertz CT molecular complexity index is 520. The second-order valence-electron chi connectivity index (χ2n) is 3.41. The van der Waals surface area contributed by atoms with Crippen LogP contribution in [0.25, 0.3) is 11.3 Å². The summed E-state index contributed by atoms with van der Waals surface area (Å²) in [7, 11) is 0. The molecule has 1 aromatic carbocycles. The van der Waals surface area contributed by atoms with Crippen LogP contribution in [0.1, 0.15) is 6.92 Å². The third-order valence-corrected chi connectivity index (χ3v) is 2.30. The number of nitrogen functional groups attached to an aromatic ring is 1. The molecule has 0 radical (unpaired) electrons. The van der Waals surface area contributed by atoms with Gasteiger partial charge in [-0.1, -0.05) is 0 Å². The zero-order valence-corrected chi connectivity index (χ0v) is 8.74. The van der Waals surface area contributed by atoms with Crippen molar-refractivity contribution < 1.29 is 8.78 Å². The second kappa shape index (κ2) is 3.92. The largest absolute Gasteiger partial charge is 0.396 e. The molecule has 0 fully saturated rings. The molecule has 0 aliphatic carbocycles. The fraction of sp³-hybridized carbons (Fsp3) is 0.182. The van der Waals surface area contributed by atoms with Gasteiger partial charge in [-0.15, -0.1) is 0 Å². The first-order valence-electron chi connectivity index (χ1n) is 4.90. The predicted octanol–water partition coefficient (Wildman–Crippen LogP) is 2.43. The van der Waals surface area contributed by atoms with E-state index in [4.69, 9.17) is 5.73 Å². The number of benzene rings is 1. The fourth-order valence-corrected chi connectivity index (χ4v) is 1.49. The van der Waals surface area contributed by atoms with Crippen molar-refractivity contribution >= 4 is 5.69 Å². The molecule has 0 saturated carbocycles. The van der Waals surface area contributed by atoms with Gasteiger partial charge in [0.15, 0.2) is 0 Å². The first-order chi connectivity index (χ1) is 7.61. The molecule has 0 saturated heterocycles. The van der Waals surface area contributed by atoms with Crippen LogP contribution in [0, 0.1) is 11.6 Å². The van der Waals surface area contributed by atoms with E-state index < -0.39 is 11.6 Å². The molecule has 0 aliphatic rings. The summed E-state index contributed by atoms with van der Waals surface area (Å²) in [6.07, 6.45) is 1.62. The SMILES string of the molecule is CCn1cc(N)c(-c2ccc(F)cc2F)n1. The van der Waals surface area contributed by atoms with Crippen molar-refractivity contribution in [2.24, 2.45) is 0 Å². The van der Waals surface area contributed by atoms with E-state index in [9.17, 15) is 8.78 Å². The van der Waals surface area contributed by atoms with E-state index in [-0.39, 0.29) is 5.56 Å². The van der Waals surface area contributed by atoms with Crippen molar-refractivity contribution in [2.75, 3.05) is 5.73 Å². The molecule has 0 unspecified atom stereocenters. The summed E-state index contributed by atoms with van der Waals surface area (Å²) in [5, 5.41) is 4.12. The third kappa shape index (κ3) is 1.76. The van der Waals surface area contributed by atoms with Gasteiger partial charge in [0.25, 0.3) is 0 Å². The van der Waals surface area contributed by atoms with E-state index in [1.165, 1.54) is 12.1 Å². The molecule has 16 heavy (non-hydrogen) atoms. The number of rotatable bonds is 2. The molecule has 0 aliphatic heterocycles. The Labute approximate surface area is 91.5 Å². The first kappa shape index (κ1) is 10.6. The smallest absolute Gasteiger partial charge is 0.135 e. The molecule has 1 aromatic heterocycles. The van der Waals surface area contributed by atoms with Crippen LogP contribution in [0.5, 0.6) is 0 Å². The zero-order chi connectivity index (χ0) is 11.7. The van der Waals surface area contributed by atoms with Crippen LogP contribution in [0.15, 0.2) is 24.4 Å². The molecule has 1 heterocycles. The van der Waals surface area contributed by atoms with E-state index in [2.05, 4.69) is 5.10 Å². The number of anilines is 1. The Balaban J connectivity index is 2.53. The van der Waals surface area contributed by atoms with Crippen LogP contribution >= 0.6 is 0 Å². The van der Waals surface area contributed by atoms with Crippen molar-refractivity contribution in [2.45, 2.75) is 13.5 Å². The van der Waals surface area contributed by atoms with Gasteiger partial charge < -0.3 is 5.73 Å². The number of nitrogens with two attached hydrogens (primary N) is 1. The number of hydrogen-bond donors (Lipinski definition) is 1. The van der Waals surface area contributed by atoms with Crippen LogP contribution in [-0.2, 0) is 6.54 Å². The summed E-state index contributed by atoms with van der Waals surface area (Å²) in [5.41, 5.74) is 6.65. The monoisotopic (exact) mass is 223 g/mol. The molecular weight excluding hydrogens is 212 g/mol. The standard InChI is InChI=1S/C11H11F2N3/c1-2-16-6-10(14)11(15-16)8-4-3-7(12)5-9(8)13/h3-6H,2,14H2,1H3. The van der Waals surface area contributed by atoms with Gasteiger partial charge in [0.05, 0.1) is 5.69 Å². The number of halogens is 2. The first-order valence-corrected chi connectivity index (χ1v) is 4.90. The molecule has 2 rings (SSSR count). The molecule has 0 spiro atoms. The quantitative estimate of drug-likeness (QED) is 0.849. The van der Waals surface area contributed by atoms with Gasteiger partial charge in [0.1, 0.15) is 17.3 Å². The van der Waals surface area contributed by atoms with Gasteiger partial charge in [-0.25, -0.2) is 8.78 Å². The minimum Gasteiger partial charge on any atom is -0.396 e. The maximum atomic E-state index is 13.5. The highest BCUT2D eigenvalue weighted by atomic mass is 19.1. The van der Waals surface area contributed by atoms with Crippen LogP contribution in [-0.4, -0.2) is 9.78 Å². The second-order valence-corrected chi connectivity index (χ2v) is 3.41. The predicted molar refractivity (Wildman–Crippen MR) is 57.7 cm³/mol. The van der Waals surface area contributed by atoms with Gasteiger partial charge in [-0.05, 0) is 19.1 Å². The van der Waals surface area contributed by atoms with Gasteiger partial charge >= 0.3 is 0 Å². The average Bonchev–Trinajstić information content (AvgIpc) is 2.60. The number of nitrogens with zero attached hydrogens (tertiary/aromatic N) is 2. The van der Waals surface area contributed by atoms with E-state index in [1.807, 2.05) is 6.92 Å². The molecular formula is C11H11F2N3. The molecule has 0 bridgehead atoms. The number of aryl methyl sites for hydroxylation is 1. The van der Waals surface area contributed by atoms with Crippen LogP contribution in [0.2, 0.25) is 0 Å². The minimum atomic E-state index is -0.659. The molecule has 0 amide bonds. The lowest BCUT2D eigenvalue weighted by molar-refractivity contribution is 0.584. The van der Waals surface area contributed by atoms with Crippen LogP contribution in [0.3, 0.4) is 0 Å². The lowest BCUT2D eigenvalue weighted by Crippen LogP contribution is -1.95. The summed E-state index contributed by atoms with van der Waals surface area (Å²) >= 11 is 0. The topological polar surface area (TPSA) is 43.8 Å². The Morgan fingerprint density at radius 2 is 2.12 bits per heavy atom. The highest BCUT2D eigenvalue weighted by molar-refractivity contribution is 5.72. The van der Waals surface area contributed by atoms with Crippen molar-refractivity contribution in [1.82, 2.24) is 9.78 Å². The van der Waals surface area contributed by atoms with Crippen LogP contribution < -0.4 is 5.73 Å². The summed E-state index contributed by atoms with van der Waals surface area (Å²) in [4.78, 5) is 0. The maximum Gasteiger partial charge on any atom is 0.135 e. The van der Waals surface area contributed by atoms with Crippen molar-refractivity contribution in [3.63, 3.8) is 0 Å².